The van der Waals surface area contributed by atoms with Crippen molar-refractivity contribution in [2.24, 2.45) is 0 Å². The molecule has 34 valence electrons. The summed E-state index contributed by atoms with van der Waals surface area (Å²) in [5.74, 6) is 0. The second-order valence-electron chi connectivity index (χ2n) is 0.577. The Kier molecular flexibility index (Phi) is 66.1. The van der Waals surface area contributed by atoms with Gasteiger partial charge in [0.1, 0.15) is 0 Å². The second-order valence-corrected chi connectivity index (χ2v) is 0.577. The standard InChI is InChI=1S/2C3H5.Ca/c2*1-3-2;/h2*3H,1-2H2;/q;;+2. The van der Waals surface area contributed by atoms with Crippen molar-refractivity contribution >= 4 is 37.7 Å². The van der Waals surface area contributed by atoms with Crippen molar-refractivity contribution in [1.29, 1.82) is 0 Å². The van der Waals surface area contributed by atoms with Gasteiger partial charge in [-0.05, 0) is 13.8 Å². The van der Waals surface area contributed by atoms with Gasteiger partial charge in [0.15, 0.2) is 0 Å². The predicted octanol–water partition coefficient (Wildman–Crippen LogP) is 1.63. The smallest absolute Gasteiger partial charge is 0.103 e. The summed E-state index contributed by atoms with van der Waals surface area (Å²) in [5, 5.41) is 0. The average molecular weight is 122 g/mol. The van der Waals surface area contributed by atoms with Crippen LogP contribution in [0.15, 0.2) is 25.3 Å². The Hall–Kier alpha value is 0.740. The third-order valence-corrected chi connectivity index (χ3v) is 0. The maximum atomic E-state index is 3.25. The number of hydrogen-bond acceptors (Lipinski definition) is 0. The van der Waals surface area contributed by atoms with Gasteiger partial charge in [0.25, 0.3) is 0 Å². The molecule has 0 spiro atoms. The molecule has 0 N–H and O–H groups in total. The third-order valence-electron chi connectivity index (χ3n) is 0. The number of hydrogen-bond donors (Lipinski definition) is 0. The van der Waals surface area contributed by atoms with Gasteiger partial charge in [-0.25, -0.2) is 0 Å². The molecule has 0 fully saturated rings. The summed E-state index contributed by atoms with van der Waals surface area (Å²) in [4.78, 5) is 0. The first kappa shape index (κ1) is 15.6. The molecule has 0 aromatic rings. The topological polar surface area (TPSA) is 0 Å². The van der Waals surface area contributed by atoms with Crippen molar-refractivity contribution in [3.05, 3.63) is 39.2 Å². The van der Waals surface area contributed by atoms with Crippen LogP contribution in [0.25, 0.3) is 0 Å². The number of rotatable bonds is 0. The maximum Gasteiger partial charge on any atom is 2.00 e. The van der Waals surface area contributed by atoms with Gasteiger partial charge < -0.3 is 0 Å². The largest absolute Gasteiger partial charge is 2.00 e. The SMILES string of the molecule is [CH2]C=C.[CH2]C=C.[Ca+2]. The molecule has 0 unspecified atom stereocenters. The Labute approximate surface area is 76.3 Å². The zero-order valence-corrected chi connectivity index (χ0v) is 6.90. The molecule has 0 atom stereocenters. The van der Waals surface area contributed by atoms with Gasteiger partial charge in [0.2, 0.25) is 0 Å². The van der Waals surface area contributed by atoms with E-state index in [9.17, 15) is 0 Å². The van der Waals surface area contributed by atoms with E-state index in [0.29, 0.717) is 0 Å². The molecule has 0 aliphatic heterocycles. The van der Waals surface area contributed by atoms with Gasteiger partial charge in [-0.1, -0.05) is 12.2 Å². The van der Waals surface area contributed by atoms with Crippen LogP contribution >= 0.6 is 0 Å². The van der Waals surface area contributed by atoms with E-state index >= 15 is 0 Å². The molecule has 0 saturated heterocycles. The molecule has 0 aromatic heterocycles. The van der Waals surface area contributed by atoms with E-state index in [2.05, 4.69) is 27.0 Å². The minimum Gasteiger partial charge on any atom is -0.103 e. The van der Waals surface area contributed by atoms with E-state index in [1.54, 1.807) is 0 Å². The Morgan fingerprint density at radius 2 is 0.857 bits per heavy atom. The van der Waals surface area contributed by atoms with E-state index in [1.807, 2.05) is 0 Å². The molecule has 0 aliphatic carbocycles. The van der Waals surface area contributed by atoms with E-state index in [0.717, 1.165) is 0 Å². The van der Waals surface area contributed by atoms with Crippen molar-refractivity contribution in [2.75, 3.05) is 0 Å². The molecule has 0 saturated carbocycles. The molecule has 0 heterocycles. The van der Waals surface area contributed by atoms with Gasteiger partial charge in [-0.3, -0.25) is 0 Å². The fourth-order valence-electron chi connectivity index (χ4n) is 0. The van der Waals surface area contributed by atoms with Gasteiger partial charge in [-0.2, -0.15) is 0 Å². The summed E-state index contributed by atoms with van der Waals surface area (Å²) < 4.78 is 0. The molecule has 2 radical (unpaired) electrons. The molecular weight excluding hydrogens is 112 g/mol. The van der Waals surface area contributed by atoms with Crippen molar-refractivity contribution in [3.8, 4) is 0 Å². The third kappa shape index (κ3) is 277. The Bertz CT molecular complexity index is 25.2. The first-order valence-electron chi connectivity index (χ1n) is 1.63. The van der Waals surface area contributed by atoms with Crippen LogP contribution in [-0.2, 0) is 0 Å². The Balaban J connectivity index is -0.0000000400. The van der Waals surface area contributed by atoms with Crippen LogP contribution in [0.3, 0.4) is 0 Å². The van der Waals surface area contributed by atoms with E-state index in [4.69, 9.17) is 0 Å². The van der Waals surface area contributed by atoms with Crippen LogP contribution in [0.4, 0.5) is 0 Å². The van der Waals surface area contributed by atoms with E-state index in [-0.39, 0.29) is 37.7 Å². The fourth-order valence-corrected chi connectivity index (χ4v) is 0. The monoisotopic (exact) mass is 122 g/mol. The van der Waals surface area contributed by atoms with E-state index < -0.39 is 0 Å². The summed E-state index contributed by atoms with van der Waals surface area (Å²) in [6, 6.07) is 0. The zero-order valence-electron chi connectivity index (χ0n) is 4.69. The summed E-state index contributed by atoms with van der Waals surface area (Å²) in [6.07, 6.45) is 3.00. The average Bonchev–Trinajstić information content (AvgIpc) is 1.39. The molecule has 0 rings (SSSR count). The minimum absolute atomic E-state index is 0. The molecule has 1 heteroatoms. The zero-order chi connectivity index (χ0) is 5.41. The summed E-state index contributed by atoms with van der Waals surface area (Å²) in [7, 11) is 0. The van der Waals surface area contributed by atoms with Crippen molar-refractivity contribution in [1.82, 2.24) is 0 Å². The molecule has 0 aliphatic rings. The van der Waals surface area contributed by atoms with Gasteiger partial charge in [-0.15, -0.1) is 13.2 Å². The molecule has 0 nitrogen and oxygen atoms in total. The van der Waals surface area contributed by atoms with Crippen LogP contribution in [-0.4, -0.2) is 37.7 Å². The molecule has 0 bridgehead atoms. The van der Waals surface area contributed by atoms with E-state index in [1.165, 1.54) is 12.2 Å². The molecule has 0 aromatic carbocycles. The van der Waals surface area contributed by atoms with Gasteiger partial charge >= 0.3 is 37.7 Å². The fraction of sp³-hybridized carbons (Fsp3) is 0. The van der Waals surface area contributed by atoms with Gasteiger partial charge in [0, 0.05) is 0 Å². The van der Waals surface area contributed by atoms with Gasteiger partial charge in [0.05, 0.1) is 0 Å². The van der Waals surface area contributed by atoms with Crippen LogP contribution < -0.4 is 0 Å². The normalized spacial score (nSPS) is 3.71. The summed E-state index contributed by atoms with van der Waals surface area (Å²) in [6.45, 7) is 13.0. The number of allylic oxidation sites excluding steroid dienone is 2. The van der Waals surface area contributed by atoms with Crippen LogP contribution in [0.5, 0.6) is 0 Å². The minimum atomic E-state index is 0. The summed E-state index contributed by atoms with van der Waals surface area (Å²) >= 11 is 0. The second kappa shape index (κ2) is 29.6. The molecular formula is C6H10Ca+2. The Morgan fingerprint density at radius 3 is 0.857 bits per heavy atom. The molecule has 7 heavy (non-hydrogen) atoms. The van der Waals surface area contributed by atoms with Crippen molar-refractivity contribution in [2.45, 2.75) is 0 Å². The maximum absolute atomic E-state index is 3.25. The quantitative estimate of drug-likeness (QED) is 0.428. The van der Waals surface area contributed by atoms with Crippen LogP contribution in [0.1, 0.15) is 0 Å². The molecule has 0 amide bonds. The first-order chi connectivity index (χ1) is 2.83. The first-order valence-corrected chi connectivity index (χ1v) is 1.63. The van der Waals surface area contributed by atoms with Crippen LogP contribution in [0, 0.1) is 13.8 Å². The predicted molar refractivity (Wildman–Crippen MR) is 36.9 cm³/mol. The van der Waals surface area contributed by atoms with Crippen molar-refractivity contribution < 1.29 is 0 Å². The Morgan fingerprint density at radius 1 is 0.857 bits per heavy atom. The van der Waals surface area contributed by atoms with Crippen molar-refractivity contribution in [3.63, 3.8) is 0 Å². The van der Waals surface area contributed by atoms with Crippen LogP contribution in [0.2, 0.25) is 0 Å². The summed E-state index contributed by atoms with van der Waals surface area (Å²) in [5.41, 5.74) is 0.